The molecule has 0 aliphatic carbocycles. The van der Waals surface area contributed by atoms with Gasteiger partial charge in [0.1, 0.15) is 0 Å². The van der Waals surface area contributed by atoms with Gasteiger partial charge in [-0.25, -0.2) is 0 Å². The van der Waals surface area contributed by atoms with Crippen molar-refractivity contribution in [3.8, 4) is 0 Å². The molecule has 0 saturated carbocycles. The van der Waals surface area contributed by atoms with Crippen LogP contribution in [0.25, 0.3) is 0 Å². The fourth-order valence-corrected chi connectivity index (χ4v) is 2.41. The molecule has 1 aromatic carbocycles. The van der Waals surface area contributed by atoms with Gasteiger partial charge in [0.15, 0.2) is 0 Å². The average molecular weight is 303 g/mol. The number of amides is 1. The van der Waals surface area contributed by atoms with E-state index in [9.17, 15) is 4.79 Å². The molecule has 0 spiro atoms. The summed E-state index contributed by atoms with van der Waals surface area (Å²) in [7, 11) is 0. The minimum atomic E-state index is -0.0440. The first kappa shape index (κ1) is 16.3. The quantitative estimate of drug-likeness (QED) is 0.882. The van der Waals surface area contributed by atoms with E-state index in [0.717, 1.165) is 24.9 Å². The van der Waals surface area contributed by atoms with Crippen molar-refractivity contribution >= 4 is 29.9 Å². The normalized spacial score (nSPS) is 22.5. The summed E-state index contributed by atoms with van der Waals surface area (Å²) >= 11 is 6.04. The maximum absolute atomic E-state index is 12.1. The Kier molecular flexibility index (Phi) is 6.11. The van der Waals surface area contributed by atoms with Crippen LogP contribution >= 0.6 is 24.0 Å². The highest BCUT2D eigenvalue weighted by Gasteiger charge is 2.22. The summed E-state index contributed by atoms with van der Waals surface area (Å²) < 4.78 is 0. The van der Waals surface area contributed by atoms with Crippen molar-refractivity contribution in [3.63, 3.8) is 0 Å². The molecule has 0 radical (unpaired) electrons. The number of rotatable bonds is 2. The van der Waals surface area contributed by atoms with Gasteiger partial charge < -0.3 is 10.6 Å². The summed E-state index contributed by atoms with van der Waals surface area (Å²) in [5.41, 5.74) is 1.62. The van der Waals surface area contributed by atoms with Crippen molar-refractivity contribution < 1.29 is 4.79 Å². The van der Waals surface area contributed by atoms with E-state index < -0.39 is 0 Å². The second-order valence-corrected chi connectivity index (χ2v) is 5.34. The molecule has 1 saturated heterocycles. The number of carbonyl (C=O) groups excluding carboxylic acids is 1. The van der Waals surface area contributed by atoms with Crippen molar-refractivity contribution in [1.82, 2.24) is 10.6 Å². The molecule has 2 N–H and O–H groups in total. The lowest BCUT2D eigenvalue weighted by Crippen LogP contribution is -2.51. The van der Waals surface area contributed by atoms with Gasteiger partial charge in [-0.1, -0.05) is 17.7 Å². The highest BCUT2D eigenvalue weighted by molar-refractivity contribution is 6.31. The molecule has 1 heterocycles. The number of halogens is 2. The van der Waals surface area contributed by atoms with Gasteiger partial charge in [-0.3, -0.25) is 4.79 Å². The van der Waals surface area contributed by atoms with Crippen LogP contribution in [0.15, 0.2) is 18.2 Å². The van der Waals surface area contributed by atoms with Crippen molar-refractivity contribution in [3.05, 3.63) is 34.3 Å². The van der Waals surface area contributed by atoms with E-state index in [4.69, 9.17) is 11.6 Å². The molecule has 1 fully saturated rings. The lowest BCUT2D eigenvalue weighted by atomic mass is 9.99. The lowest BCUT2D eigenvalue weighted by molar-refractivity contribution is 0.0920. The highest BCUT2D eigenvalue weighted by atomic mass is 35.5. The molecular formula is C14H20Cl2N2O. The molecule has 5 heteroatoms. The van der Waals surface area contributed by atoms with Gasteiger partial charge in [0, 0.05) is 22.7 Å². The monoisotopic (exact) mass is 302 g/mol. The van der Waals surface area contributed by atoms with E-state index >= 15 is 0 Å². The molecule has 2 unspecified atom stereocenters. The van der Waals surface area contributed by atoms with E-state index in [1.165, 1.54) is 0 Å². The first-order valence-electron chi connectivity index (χ1n) is 6.38. The summed E-state index contributed by atoms with van der Waals surface area (Å²) in [5.74, 6) is -0.0440. The third kappa shape index (κ3) is 4.10. The van der Waals surface area contributed by atoms with Crippen LogP contribution in [0.4, 0.5) is 0 Å². The van der Waals surface area contributed by atoms with Crippen LogP contribution in [0.3, 0.4) is 0 Å². The fraction of sp³-hybridized carbons (Fsp3) is 0.500. The molecule has 1 aliphatic heterocycles. The molecule has 1 aromatic rings. The second kappa shape index (κ2) is 7.13. The smallest absolute Gasteiger partial charge is 0.251 e. The van der Waals surface area contributed by atoms with Crippen LogP contribution in [-0.4, -0.2) is 24.5 Å². The van der Waals surface area contributed by atoms with E-state index in [1.807, 2.05) is 19.1 Å². The second-order valence-electron chi connectivity index (χ2n) is 4.93. The minimum absolute atomic E-state index is 0. The van der Waals surface area contributed by atoms with Gasteiger partial charge in [0.25, 0.3) is 5.91 Å². The number of piperidine rings is 1. The van der Waals surface area contributed by atoms with Crippen LogP contribution in [0.1, 0.15) is 35.7 Å². The third-order valence-electron chi connectivity index (χ3n) is 3.51. The zero-order valence-electron chi connectivity index (χ0n) is 11.2. The summed E-state index contributed by atoms with van der Waals surface area (Å²) in [6.07, 6.45) is 2.13. The molecule has 1 aliphatic rings. The van der Waals surface area contributed by atoms with E-state index in [-0.39, 0.29) is 24.4 Å². The van der Waals surface area contributed by atoms with Gasteiger partial charge in [0.05, 0.1) is 0 Å². The van der Waals surface area contributed by atoms with Gasteiger partial charge in [-0.15, -0.1) is 12.4 Å². The molecule has 2 atom stereocenters. The summed E-state index contributed by atoms with van der Waals surface area (Å²) in [4.78, 5) is 12.1. The van der Waals surface area contributed by atoms with Crippen LogP contribution in [0.2, 0.25) is 5.02 Å². The SMILES string of the molecule is Cc1ccc(C(=O)NC2CCCNC2C)cc1Cl.Cl. The number of benzene rings is 1. The van der Waals surface area contributed by atoms with Crippen LogP contribution in [-0.2, 0) is 0 Å². The Hall–Kier alpha value is -0.770. The molecular weight excluding hydrogens is 283 g/mol. The Morgan fingerprint density at radius 3 is 2.84 bits per heavy atom. The Balaban J connectivity index is 0.00000180. The number of hydrogen-bond donors (Lipinski definition) is 2. The summed E-state index contributed by atoms with van der Waals surface area (Å²) in [6, 6.07) is 5.94. The summed E-state index contributed by atoms with van der Waals surface area (Å²) in [6.45, 7) is 5.06. The van der Waals surface area contributed by atoms with Gasteiger partial charge in [-0.2, -0.15) is 0 Å². The molecule has 2 rings (SSSR count). The average Bonchev–Trinajstić information content (AvgIpc) is 2.35. The number of nitrogens with one attached hydrogen (secondary N) is 2. The fourth-order valence-electron chi connectivity index (χ4n) is 2.23. The van der Waals surface area contributed by atoms with E-state index in [1.54, 1.807) is 6.07 Å². The molecule has 3 nitrogen and oxygen atoms in total. The minimum Gasteiger partial charge on any atom is -0.348 e. The standard InChI is InChI=1S/C14H19ClN2O.ClH/c1-9-5-6-11(8-12(9)15)14(18)17-13-4-3-7-16-10(13)2;/h5-6,8,10,13,16H,3-4,7H2,1-2H3,(H,17,18);1H. The lowest BCUT2D eigenvalue weighted by Gasteiger charge is -2.30. The predicted molar refractivity (Wildman–Crippen MR) is 81.4 cm³/mol. The van der Waals surface area contributed by atoms with Crippen molar-refractivity contribution in [2.75, 3.05) is 6.54 Å². The van der Waals surface area contributed by atoms with Gasteiger partial charge in [0.2, 0.25) is 0 Å². The third-order valence-corrected chi connectivity index (χ3v) is 3.92. The highest BCUT2D eigenvalue weighted by Crippen LogP contribution is 2.17. The molecule has 106 valence electrons. The van der Waals surface area contributed by atoms with E-state index in [2.05, 4.69) is 17.6 Å². The Labute approximate surface area is 125 Å². The Bertz CT molecular complexity index is 451. The first-order valence-corrected chi connectivity index (χ1v) is 6.76. The zero-order chi connectivity index (χ0) is 13.1. The molecule has 0 bridgehead atoms. The largest absolute Gasteiger partial charge is 0.348 e. The van der Waals surface area contributed by atoms with Crippen molar-refractivity contribution in [1.29, 1.82) is 0 Å². The van der Waals surface area contributed by atoms with Gasteiger partial charge in [-0.05, 0) is 50.9 Å². The topological polar surface area (TPSA) is 41.1 Å². The first-order chi connectivity index (χ1) is 8.58. The summed E-state index contributed by atoms with van der Waals surface area (Å²) in [5, 5.41) is 7.08. The predicted octanol–water partition coefficient (Wildman–Crippen LogP) is 2.94. The number of aryl methyl sites for hydroxylation is 1. The van der Waals surface area contributed by atoms with Crippen LogP contribution < -0.4 is 10.6 Å². The van der Waals surface area contributed by atoms with Crippen LogP contribution in [0, 0.1) is 6.92 Å². The van der Waals surface area contributed by atoms with Crippen LogP contribution in [0.5, 0.6) is 0 Å². The maximum Gasteiger partial charge on any atom is 0.251 e. The maximum atomic E-state index is 12.1. The zero-order valence-corrected chi connectivity index (χ0v) is 12.8. The Morgan fingerprint density at radius 2 is 2.21 bits per heavy atom. The molecule has 19 heavy (non-hydrogen) atoms. The van der Waals surface area contributed by atoms with E-state index in [0.29, 0.717) is 16.6 Å². The molecule has 0 aromatic heterocycles. The van der Waals surface area contributed by atoms with Crippen molar-refractivity contribution in [2.24, 2.45) is 0 Å². The molecule has 1 amide bonds. The Morgan fingerprint density at radius 1 is 1.47 bits per heavy atom. The number of carbonyl (C=O) groups is 1. The number of hydrogen-bond acceptors (Lipinski definition) is 2. The van der Waals surface area contributed by atoms with Crippen molar-refractivity contribution in [2.45, 2.75) is 38.8 Å². The van der Waals surface area contributed by atoms with Gasteiger partial charge >= 0.3 is 0 Å².